The Hall–Kier alpha value is -2.12. The number of benzene rings is 1. The number of ether oxygens (including phenoxy) is 3. The van der Waals surface area contributed by atoms with Crippen LogP contribution in [-0.4, -0.2) is 54.7 Å². The zero-order valence-electron chi connectivity index (χ0n) is 12.3. The molecule has 0 radical (unpaired) electrons. The highest BCUT2D eigenvalue weighted by molar-refractivity contribution is 5.80. The second-order valence-electron chi connectivity index (χ2n) is 4.98. The molecule has 1 amide bonds. The van der Waals surface area contributed by atoms with Gasteiger partial charge in [-0.15, -0.1) is 0 Å². The predicted molar refractivity (Wildman–Crippen MR) is 76.1 cm³/mol. The Morgan fingerprint density at radius 1 is 1.32 bits per heavy atom. The van der Waals surface area contributed by atoms with Gasteiger partial charge in [-0.1, -0.05) is 30.3 Å². The van der Waals surface area contributed by atoms with E-state index >= 15 is 0 Å². The molecular weight excluding hydrogens is 290 g/mol. The minimum absolute atomic E-state index is 0.0594. The van der Waals surface area contributed by atoms with Crippen molar-refractivity contribution in [1.29, 1.82) is 0 Å². The Labute approximate surface area is 128 Å². The van der Waals surface area contributed by atoms with Crippen molar-refractivity contribution in [3.8, 4) is 0 Å². The van der Waals surface area contributed by atoms with Gasteiger partial charge in [0.1, 0.15) is 19.4 Å². The number of amides is 1. The molecule has 1 heterocycles. The topological polar surface area (TPSA) is 85.3 Å². The first-order chi connectivity index (χ1) is 10.6. The van der Waals surface area contributed by atoms with Gasteiger partial charge in [-0.25, -0.2) is 9.59 Å². The van der Waals surface area contributed by atoms with Crippen molar-refractivity contribution in [1.82, 2.24) is 4.90 Å². The minimum atomic E-state index is -1.07. The monoisotopic (exact) mass is 309 g/mol. The first kappa shape index (κ1) is 16.3. The molecule has 7 heteroatoms. The lowest BCUT2D eigenvalue weighted by Gasteiger charge is -2.20. The number of nitrogens with zero attached hydrogens (tertiary/aromatic N) is 1. The number of likely N-dealkylation sites (tertiary alicyclic amines) is 1. The van der Waals surface area contributed by atoms with Gasteiger partial charge in [-0.3, -0.25) is 4.90 Å². The van der Waals surface area contributed by atoms with Crippen LogP contribution in [0.5, 0.6) is 0 Å². The molecule has 1 saturated heterocycles. The van der Waals surface area contributed by atoms with Crippen molar-refractivity contribution >= 4 is 12.1 Å². The van der Waals surface area contributed by atoms with Crippen molar-refractivity contribution in [2.24, 2.45) is 0 Å². The van der Waals surface area contributed by atoms with Crippen molar-refractivity contribution in [3.05, 3.63) is 35.9 Å². The van der Waals surface area contributed by atoms with Crippen LogP contribution >= 0.6 is 0 Å². The molecule has 0 aromatic heterocycles. The molecule has 22 heavy (non-hydrogen) atoms. The second-order valence-corrected chi connectivity index (χ2v) is 4.98. The van der Waals surface area contributed by atoms with E-state index in [0.717, 1.165) is 5.56 Å². The number of carbonyl (C=O) groups is 2. The first-order valence-electron chi connectivity index (χ1n) is 6.92. The van der Waals surface area contributed by atoms with Crippen LogP contribution in [0.1, 0.15) is 12.0 Å². The van der Waals surface area contributed by atoms with Crippen molar-refractivity contribution in [3.63, 3.8) is 0 Å². The second kappa shape index (κ2) is 7.77. The summed E-state index contributed by atoms with van der Waals surface area (Å²) in [4.78, 5) is 24.6. The third-order valence-electron chi connectivity index (χ3n) is 3.41. The predicted octanol–water partition coefficient (Wildman–Crippen LogP) is 1.47. The highest BCUT2D eigenvalue weighted by Crippen LogP contribution is 2.22. The molecule has 1 aliphatic heterocycles. The summed E-state index contributed by atoms with van der Waals surface area (Å²) in [7, 11) is 1.48. The fourth-order valence-electron chi connectivity index (χ4n) is 2.32. The summed E-state index contributed by atoms with van der Waals surface area (Å²) in [5.74, 6) is -1.07. The van der Waals surface area contributed by atoms with Gasteiger partial charge >= 0.3 is 12.1 Å². The summed E-state index contributed by atoms with van der Waals surface area (Å²) >= 11 is 0. The van der Waals surface area contributed by atoms with Crippen LogP contribution in [-0.2, 0) is 25.6 Å². The molecule has 1 aliphatic rings. The van der Waals surface area contributed by atoms with E-state index in [4.69, 9.17) is 14.2 Å². The van der Waals surface area contributed by atoms with Gasteiger partial charge in [0.05, 0.1) is 12.6 Å². The number of carboxylic acids is 1. The summed E-state index contributed by atoms with van der Waals surface area (Å²) in [6, 6.07) is 8.27. The number of aliphatic carboxylic acids is 1. The zero-order chi connectivity index (χ0) is 15.9. The third-order valence-corrected chi connectivity index (χ3v) is 3.41. The fraction of sp³-hybridized carbons (Fsp3) is 0.467. The van der Waals surface area contributed by atoms with Crippen LogP contribution in [0, 0.1) is 0 Å². The van der Waals surface area contributed by atoms with E-state index in [2.05, 4.69) is 0 Å². The van der Waals surface area contributed by atoms with Crippen molar-refractivity contribution in [2.45, 2.75) is 25.2 Å². The fourth-order valence-corrected chi connectivity index (χ4v) is 2.32. The number of methoxy groups -OCH3 is 1. The third kappa shape index (κ3) is 4.19. The normalized spacial score (nSPS) is 20.9. The van der Waals surface area contributed by atoms with Gasteiger partial charge in [-0.05, 0) is 5.56 Å². The molecule has 2 rings (SSSR count). The average Bonchev–Trinajstić information content (AvgIpc) is 2.96. The van der Waals surface area contributed by atoms with Crippen LogP contribution in [0.15, 0.2) is 30.3 Å². The van der Waals surface area contributed by atoms with E-state index in [0.29, 0.717) is 0 Å². The van der Waals surface area contributed by atoms with Gasteiger partial charge in [0.25, 0.3) is 0 Å². The summed E-state index contributed by atoms with van der Waals surface area (Å²) < 4.78 is 15.3. The van der Waals surface area contributed by atoms with E-state index < -0.39 is 18.1 Å². The van der Waals surface area contributed by atoms with E-state index in [1.807, 2.05) is 30.3 Å². The van der Waals surface area contributed by atoms with Crippen LogP contribution < -0.4 is 0 Å². The molecule has 120 valence electrons. The minimum Gasteiger partial charge on any atom is -0.480 e. The maximum absolute atomic E-state index is 12.1. The quantitative estimate of drug-likeness (QED) is 0.801. The molecule has 7 nitrogen and oxygen atoms in total. The molecule has 2 atom stereocenters. The first-order valence-corrected chi connectivity index (χ1v) is 6.92. The molecule has 1 N–H and O–H groups in total. The van der Waals surface area contributed by atoms with Gasteiger partial charge < -0.3 is 19.3 Å². The lowest BCUT2D eigenvalue weighted by atomic mass is 10.2. The number of hydrogen-bond acceptors (Lipinski definition) is 5. The molecule has 1 aromatic carbocycles. The van der Waals surface area contributed by atoms with Gasteiger partial charge in [0.2, 0.25) is 0 Å². The number of carboxylic acid groups (broad SMARTS) is 1. The lowest BCUT2D eigenvalue weighted by molar-refractivity contribution is -0.141. The lowest BCUT2D eigenvalue weighted by Crippen LogP contribution is -2.40. The SMILES string of the molecule is COCOC1C[C@@H](C(=O)O)N(C(=O)OCc2ccccc2)C1. The van der Waals surface area contributed by atoms with Crippen LogP contribution in [0.4, 0.5) is 4.79 Å². The van der Waals surface area contributed by atoms with Crippen LogP contribution in [0.25, 0.3) is 0 Å². The molecule has 0 bridgehead atoms. The van der Waals surface area contributed by atoms with E-state index in [9.17, 15) is 14.7 Å². The van der Waals surface area contributed by atoms with E-state index in [1.54, 1.807) is 0 Å². The number of rotatable bonds is 6. The Morgan fingerprint density at radius 3 is 2.68 bits per heavy atom. The van der Waals surface area contributed by atoms with Crippen molar-refractivity contribution < 1.29 is 28.9 Å². The Bertz CT molecular complexity index is 506. The van der Waals surface area contributed by atoms with Crippen molar-refractivity contribution in [2.75, 3.05) is 20.4 Å². The molecule has 0 saturated carbocycles. The standard InChI is InChI=1S/C15H19NO6/c1-20-10-22-12-7-13(14(17)18)16(8-12)15(19)21-9-11-5-3-2-4-6-11/h2-6,12-13H,7-10H2,1H3,(H,17,18)/t12?,13-/m0/s1. The molecule has 0 spiro atoms. The Balaban J connectivity index is 1.92. The molecule has 0 aliphatic carbocycles. The van der Waals surface area contributed by atoms with Gasteiger partial charge in [-0.2, -0.15) is 0 Å². The largest absolute Gasteiger partial charge is 0.480 e. The average molecular weight is 309 g/mol. The zero-order valence-corrected chi connectivity index (χ0v) is 12.3. The number of hydrogen-bond donors (Lipinski definition) is 1. The molecular formula is C15H19NO6. The van der Waals surface area contributed by atoms with Gasteiger partial charge in [0, 0.05) is 13.5 Å². The molecule has 1 unspecified atom stereocenters. The van der Waals surface area contributed by atoms with E-state index in [1.165, 1.54) is 12.0 Å². The van der Waals surface area contributed by atoms with Crippen LogP contribution in [0.3, 0.4) is 0 Å². The summed E-state index contributed by atoms with van der Waals surface area (Å²) in [5, 5.41) is 9.22. The van der Waals surface area contributed by atoms with Gasteiger partial charge in [0.15, 0.2) is 0 Å². The summed E-state index contributed by atoms with van der Waals surface area (Å²) in [6.07, 6.45) is -0.802. The highest BCUT2D eigenvalue weighted by Gasteiger charge is 2.41. The maximum Gasteiger partial charge on any atom is 0.410 e. The number of carbonyl (C=O) groups excluding carboxylic acids is 1. The summed E-state index contributed by atoms with van der Waals surface area (Å²) in [5.41, 5.74) is 0.842. The molecule has 1 aromatic rings. The van der Waals surface area contributed by atoms with E-state index in [-0.39, 0.29) is 32.5 Å². The smallest absolute Gasteiger partial charge is 0.410 e. The Morgan fingerprint density at radius 2 is 2.05 bits per heavy atom. The van der Waals surface area contributed by atoms with Crippen LogP contribution in [0.2, 0.25) is 0 Å². The molecule has 1 fully saturated rings. The highest BCUT2D eigenvalue weighted by atomic mass is 16.7. The maximum atomic E-state index is 12.1. The summed E-state index contributed by atoms with van der Waals surface area (Å²) in [6.45, 7) is 0.337. The Kier molecular flexibility index (Phi) is 5.74.